The van der Waals surface area contributed by atoms with Crippen molar-refractivity contribution in [2.45, 2.75) is 19.3 Å². The Kier molecular flexibility index (Phi) is 2.65. The van der Waals surface area contributed by atoms with Crippen LogP contribution in [0, 0.1) is 11.3 Å². The Morgan fingerprint density at radius 3 is 2.77 bits per heavy atom. The quantitative estimate of drug-likeness (QED) is 0.605. The Bertz CT molecular complexity index is 179. The van der Waals surface area contributed by atoms with E-state index in [1.54, 1.807) is 0 Å². The molecule has 0 saturated carbocycles. The van der Waals surface area contributed by atoms with Gasteiger partial charge in [-0.05, 0) is 31.2 Å². The molecule has 1 unspecified atom stereocenters. The van der Waals surface area contributed by atoms with Crippen LogP contribution in [0.4, 0.5) is 0 Å². The molecule has 0 amide bonds. The second kappa shape index (κ2) is 3.76. The van der Waals surface area contributed by atoms with Crippen LogP contribution in [0.3, 0.4) is 0 Å². The molecule has 2 aliphatic rings. The second-order valence-electron chi connectivity index (χ2n) is 4.17. The molecule has 3 nitrogen and oxygen atoms in total. The number of carbonyl (C=O) groups excluding carboxylic acids is 1. The molecule has 74 valence electrons. The molecule has 13 heavy (non-hydrogen) atoms. The molecule has 2 aliphatic heterocycles. The molecule has 0 aromatic rings. The van der Waals surface area contributed by atoms with E-state index in [-0.39, 0.29) is 11.3 Å². The topological polar surface area (TPSA) is 38.3 Å². The van der Waals surface area contributed by atoms with Gasteiger partial charge in [-0.2, -0.15) is 0 Å². The molecule has 0 aromatic carbocycles. The maximum Gasteiger partial charge on any atom is 0.124 e. The first kappa shape index (κ1) is 9.16. The standard InChI is InChI=1S/C10H17NO2/c12-8-9-7-11-4-1-10(9)2-5-13-6-3-10/h8-9,11H,1-7H2. The maximum absolute atomic E-state index is 11.0. The van der Waals surface area contributed by atoms with E-state index in [9.17, 15) is 4.79 Å². The van der Waals surface area contributed by atoms with Gasteiger partial charge in [0, 0.05) is 25.7 Å². The van der Waals surface area contributed by atoms with Crippen molar-refractivity contribution in [1.82, 2.24) is 5.32 Å². The number of hydrogen-bond donors (Lipinski definition) is 1. The van der Waals surface area contributed by atoms with E-state index in [2.05, 4.69) is 5.32 Å². The lowest BCUT2D eigenvalue weighted by Crippen LogP contribution is -2.48. The Balaban J connectivity index is 2.10. The fourth-order valence-corrected chi connectivity index (χ4v) is 2.59. The summed E-state index contributed by atoms with van der Waals surface area (Å²) in [6, 6.07) is 0. The van der Waals surface area contributed by atoms with Gasteiger partial charge in [0.1, 0.15) is 6.29 Å². The molecule has 2 fully saturated rings. The molecule has 2 rings (SSSR count). The van der Waals surface area contributed by atoms with Crippen molar-refractivity contribution in [3.8, 4) is 0 Å². The van der Waals surface area contributed by atoms with Crippen molar-refractivity contribution in [1.29, 1.82) is 0 Å². The van der Waals surface area contributed by atoms with Crippen molar-refractivity contribution < 1.29 is 9.53 Å². The highest BCUT2D eigenvalue weighted by atomic mass is 16.5. The van der Waals surface area contributed by atoms with Crippen molar-refractivity contribution >= 4 is 6.29 Å². The van der Waals surface area contributed by atoms with Gasteiger partial charge in [0.25, 0.3) is 0 Å². The van der Waals surface area contributed by atoms with Gasteiger partial charge in [-0.1, -0.05) is 0 Å². The number of ether oxygens (including phenoxy) is 1. The van der Waals surface area contributed by atoms with Crippen LogP contribution in [-0.2, 0) is 9.53 Å². The summed E-state index contributed by atoms with van der Waals surface area (Å²) < 4.78 is 5.35. The van der Waals surface area contributed by atoms with Crippen LogP contribution in [0.25, 0.3) is 0 Å². The average molecular weight is 183 g/mol. The largest absolute Gasteiger partial charge is 0.381 e. The van der Waals surface area contributed by atoms with Gasteiger partial charge >= 0.3 is 0 Å². The molecule has 1 N–H and O–H groups in total. The van der Waals surface area contributed by atoms with E-state index in [0.717, 1.165) is 51.9 Å². The summed E-state index contributed by atoms with van der Waals surface area (Å²) in [6.07, 6.45) is 4.41. The van der Waals surface area contributed by atoms with Crippen LogP contribution in [-0.4, -0.2) is 32.6 Å². The summed E-state index contributed by atoms with van der Waals surface area (Å²) in [4.78, 5) is 11.0. The van der Waals surface area contributed by atoms with Crippen LogP contribution in [0.2, 0.25) is 0 Å². The van der Waals surface area contributed by atoms with Crippen molar-refractivity contribution in [2.75, 3.05) is 26.3 Å². The molecular formula is C10H17NO2. The van der Waals surface area contributed by atoms with Gasteiger partial charge in [0.2, 0.25) is 0 Å². The highest BCUT2D eigenvalue weighted by molar-refractivity contribution is 5.56. The third-order valence-corrected chi connectivity index (χ3v) is 3.60. The average Bonchev–Trinajstić information content (AvgIpc) is 2.20. The number of carbonyl (C=O) groups is 1. The van der Waals surface area contributed by atoms with Crippen LogP contribution < -0.4 is 5.32 Å². The number of nitrogens with one attached hydrogen (secondary N) is 1. The summed E-state index contributed by atoms with van der Waals surface area (Å²) in [6.45, 7) is 3.60. The first-order valence-corrected chi connectivity index (χ1v) is 5.11. The van der Waals surface area contributed by atoms with Crippen LogP contribution >= 0.6 is 0 Å². The Morgan fingerprint density at radius 1 is 1.31 bits per heavy atom. The summed E-state index contributed by atoms with van der Waals surface area (Å²) >= 11 is 0. The Hall–Kier alpha value is -0.410. The SMILES string of the molecule is O=CC1CNCCC12CCOCC2. The van der Waals surface area contributed by atoms with Crippen LogP contribution in [0.15, 0.2) is 0 Å². The zero-order valence-corrected chi connectivity index (χ0v) is 7.92. The smallest absolute Gasteiger partial charge is 0.124 e. The molecule has 1 atom stereocenters. The predicted octanol–water partition coefficient (Wildman–Crippen LogP) is 0.592. The first-order valence-electron chi connectivity index (χ1n) is 5.11. The lowest BCUT2D eigenvalue weighted by atomic mass is 9.66. The van der Waals surface area contributed by atoms with Gasteiger partial charge in [0.05, 0.1) is 0 Å². The highest BCUT2D eigenvalue weighted by Crippen LogP contribution is 2.41. The van der Waals surface area contributed by atoms with Crippen molar-refractivity contribution in [3.05, 3.63) is 0 Å². The summed E-state index contributed by atoms with van der Waals surface area (Å²) in [5, 5.41) is 3.29. The lowest BCUT2D eigenvalue weighted by Gasteiger charge is -2.44. The molecule has 1 spiro atoms. The lowest BCUT2D eigenvalue weighted by molar-refractivity contribution is -0.120. The van der Waals surface area contributed by atoms with Crippen LogP contribution in [0.5, 0.6) is 0 Å². The molecule has 2 saturated heterocycles. The van der Waals surface area contributed by atoms with Gasteiger partial charge in [-0.3, -0.25) is 0 Å². The maximum atomic E-state index is 11.0. The van der Waals surface area contributed by atoms with Gasteiger partial charge < -0.3 is 14.8 Å². The fourth-order valence-electron chi connectivity index (χ4n) is 2.59. The molecule has 0 bridgehead atoms. The van der Waals surface area contributed by atoms with Gasteiger partial charge in [-0.15, -0.1) is 0 Å². The summed E-state index contributed by atoms with van der Waals surface area (Å²) in [5.74, 6) is 0.213. The number of hydrogen-bond acceptors (Lipinski definition) is 3. The molecule has 0 aromatic heterocycles. The fraction of sp³-hybridized carbons (Fsp3) is 0.900. The van der Waals surface area contributed by atoms with E-state index in [0.29, 0.717) is 0 Å². The molecule has 2 heterocycles. The van der Waals surface area contributed by atoms with Gasteiger partial charge in [-0.25, -0.2) is 0 Å². The predicted molar refractivity (Wildman–Crippen MR) is 49.5 cm³/mol. The van der Waals surface area contributed by atoms with Crippen molar-refractivity contribution in [2.24, 2.45) is 11.3 Å². The number of piperidine rings is 1. The minimum atomic E-state index is 0.213. The minimum Gasteiger partial charge on any atom is -0.381 e. The van der Waals surface area contributed by atoms with E-state index < -0.39 is 0 Å². The highest BCUT2D eigenvalue weighted by Gasteiger charge is 2.41. The molecular weight excluding hydrogens is 166 g/mol. The Labute approximate surface area is 78.8 Å². The van der Waals surface area contributed by atoms with Gasteiger partial charge in [0.15, 0.2) is 0 Å². The zero-order chi connectivity index (χ0) is 9.15. The normalized spacial score (nSPS) is 33.1. The molecule has 3 heteroatoms. The van der Waals surface area contributed by atoms with E-state index in [1.807, 2.05) is 0 Å². The molecule has 0 aliphatic carbocycles. The molecule has 0 radical (unpaired) electrons. The third-order valence-electron chi connectivity index (χ3n) is 3.60. The van der Waals surface area contributed by atoms with E-state index in [1.165, 1.54) is 0 Å². The number of aldehydes is 1. The zero-order valence-electron chi connectivity index (χ0n) is 7.92. The first-order chi connectivity index (χ1) is 6.37. The third kappa shape index (κ3) is 1.63. The Morgan fingerprint density at radius 2 is 2.08 bits per heavy atom. The van der Waals surface area contributed by atoms with E-state index >= 15 is 0 Å². The van der Waals surface area contributed by atoms with Crippen LogP contribution in [0.1, 0.15) is 19.3 Å². The summed E-state index contributed by atoms with van der Waals surface area (Å²) in [7, 11) is 0. The monoisotopic (exact) mass is 183 g/mol. The van der Waals surface area contributed by atoms with Crippen molar-refractivity contribution in [3.63, 3.8) is 0 Å². The number of rotatable bonds is 1. The minimum absolute atomic E-state index is 0.213. The second-order valence-corrected chi connectivity index (χ2v) is 4.17. The summed E-state index contributed by atoms with van der Waals surface area (Å²) in [5.41, 5.74) is 0.269. The van der Waals surface area contributed by atoms with E-state index in [4.69, 9.17) is 4.74 Å².